The van der Waals surface area contributed by atoms with Crippen molar-refractivity contribution in [3.05, 3.63) is 18.2 Å². The Kier molecular flexibility index (Phi) is 3.98. The molecule has 4 heteroatoms. The molecule has 0 aromatic heterocycles. The van der Waals surface area contributed by atoms with Crippen LogP contribution in [0.2, 0.25) is 0 Å². The van der Waals surface area contributed by atoms with Crippen LogP contribution in [0.5, 0.6) is 11.5 Å². The Balaban J connectivity index is 2.16. The number of ether oxygens (including phenoxy) is 2. The van der Waals surface area contributed by atoms with E-state index < -0.39 is 0 Å². The summed E-state index contributed by atoms with van der Waals surface area (Å²) in [4.78, 5) is 12.4. The maximum Gasteiger partial charge on any atom is 0.230 e. The second-order valence-corrected chi connectivity index (χ2v) is 5.29. The smallest absolute Gasteiger partial charge is 0.230 e. The molecule has 0 atom stereocenters. The second-order valence-electron chi connectivity index (χ2n) is 5.29. The Bertz CT molecular complexity index is 464. The topological polar surface area (TPSA) is 47.6 Å². The molecular weight excluding hydrogens is 242 g/mol. The number of nitrogens with one attached hydrogen (secondary N) is 1. The van der Waals surface area contributed by atoms with E-state index in [-0.39, 0.29) is 11.3 Å². The molecule has 1 aromatic rings. The summed E-state index contributed by atoms with van der Waals surface area (Å²) in [6, 6.07) is 5.40. The summed E-state index contributed by atoms with van der Waals surface area (Å²) < 4.78 is 10.4. The van der Waals surface area contributed by atoms with E-state index >= 15 is 0 Å². The molecule has 19 heavy (non-hydrogen) atoms. The van der Waals surface area contributed by atoms with Gasteiger partial charge >= 0.3 is 0 Å². The molecule has 0 radical (unpaired) electrons. The van der Waals surface area contributed by atoms with Crippen LogP contribution in [0.15, 0.2) is 18.2 Å². The molecule has 2 rings (SSSR count). The lowest BCUT2D eigenvalue weighted by molar-refractivity contribution is -0.124. The molecule has 1 N–H and O–H groups in total. The number of carbonyl (C=O) groups excluding carboxylic acids is 1. The molecule has 1 saturated carbocycles. The average molecular weight is 263 g/mol. The van der Waals surface area contributed by atoms with Crippen molar-refractivity contribution in [1.29, 1.82) is 0 Å². The highest BCUT2D eigenvalue weighted by Gasteiger charge is 2.36. The highest BCUT2D eigenvalue weighted by atomic mass is 16.5. The van der Waals surface area contributed by atoms with Gasteiger partial charge in [-0.3, -0.25) is 4.79 Å². The predicted octanol–water partition coefficient (Wildman–Crippen LogP) is 3.22. The lowest BCUT2D eigenvalue weighted by Crippen LogP contribution is -2.30. The van der Waals surface area contributed by atoms with Crippen LogP contribution in [0.25, 0.3) is 0 Å². The zero-order chi connectivity index (χ0) is 13.9. The number of methoxy groups -OCH3 is 2. The maximum absolute atomic E-state index is 12.4. The van der Waals surface area contributed by atoms with E-state index in [1.807, 2.05) is 19.1 Å². The van der Waals surface area contributed by atoms with Crippen LogP contribution in [0.3, 0.4) is 0 Å². The standard InChI is InChI=1S/C15H21NO3/c1-15(8-4-5-9-15)14(17)16-12-7-6-11(18-2)10-13(12)19-3/h6-7,10H,4-5,8-9H2,1-3H3,(H,16,17). The first-order valence-electron chi connectivity index (χ1n) is 6.62. The van der Waals surface area contributed by atoms with Gasteiger partial charge in [0.05, 0.1) is 19.9 Å². The van der Waals surface area contributed by atoms with Crippen LogP contribution < -0.4 is 14.8 Å². The van der Waals surface area contributed by atoms with E-state index in [9.17, 15) is 4.79 Å². The molecule has 1 aromatic carbocycles. The lowest BCUT2D eigenvalue weighted by Gasteiger charge is -2.23. The Labute approximate surface area is 114 Å². The van der Waals surface area contributed by atoms with Crippen LogP contribution >= 0.6 is 0 Å². The van der Waals surface area contributed by atoms with Crippen molar-refractivity contribution in [3.63, 3.8) is 0 Å². The average Bonchev–Trinajstić information content (AvgIpc) is 2.87. The van der Waals surface area contributed by atoms with Gasteiger partial charge in [0.15, 0.2) is 0 Å². The third-order valence-corrected chi connectivity index (χ3v) is 3.91. The number of hydrogen-bond donors (Lipinski definition) is 1. The maximum atomic E-state index is 12.4. The normalized spacial score (nSPS) is 17.0. The number of amides is 1. The Hall–Kier alpha value is -1.71. The highest BCUT2D eigenvalue weighted by molar-refractivity contribution is 5.96. The zero-order valence-corrected chi connectivity index (χ0v) is 11.8. The summed E-state index contributed by atoms with van der Waals surface area (Å²) >= 11 is 0. The number of benzene rings is 1. The molecule has 1 aliphatic carbocycles. The van der Waals surface area contributed by atoms with Crippen molar-refractivity contribution in [2.24, 2.45) is 5.41 Å². The fourth-order valence-electron chi connectivity index (χ4n) is 2.56. The van der Waals surface area contributed by atoms with Gasteiger partial charge in [-0.05, 0) is 25.0 Å². The van der Waals surface area contributed by atoms with Crippen molar-refractivity contribution >= 4 is 11.6 Å². The minimum Gasteiger partial charge on any atom is -0.497 e. The Morgan fingerprint density at radius 2 is 1.89 bits per heavy atom. The molecule has 4 nitrogen and oxygen atoms in total. The van der Waals surface area contributed by atoms with Crippen molar-refractivity contribution in [1.82, 2.24) is 0 Å². The van der Waals surface area contributed by atoms with E-state index in [0.29, 0.717) is 17.2 Å². The van der Waals surface area contributed by atoms with Crippen LogP contribution in [-0.4, -0.2) is 20.1 Å². The van der Waals surface area contributed by atoms with E-state index in [1.54, 1.807) is 20.3 Å². The Morgan fingerprint density at radius 3 is 2.47 bits per heavy atom. The molecule has 0 unspecified atom stereocenters. The van der Waals surface area contributed by atoms with Gasteiger partial charge in [-0.15, -0.1) is 0 Å². The van der Waals surface area contributed by atoms with Crippen LogP contribution in [-0.2, 0) is 4.79 Å². The molecule has 104 valence electrons. The van der Waals surface area contributed by atoms with Crippen LogP contribution in [0, 0.1) is 5.41 Å². The highest BCUT2D eigenvalue weighted by Crippen LogP contribution is 2.39. The number of rotatable bonds is 4. The lowest BCUT2D eigenvalue weighted by atomic mass is 9.88. The van der Waals surface area contributed by atoms with Gasteiger partial charge in [0, 0.05) is 11.5 Å². The van der Waals surface area contributed by atoms with Crippen molar-refractivity contribution in [3.8, 4) is 11.5 Å². The van der Waals surface area contributed by atoms with Crippen molar-refractivity contribution in [2.75, 3.05) is 19.5 Å². The van der Waals surface area contributed by atoms with E-state index in [1.165, 1.54) is 0 Å². The van der Waals surface area contributed by atoms with Gasteiger partial charge in [-0.1, -0.05) is 19.8 Å². The third kappa shape index (κ3) is 2.83. The zero-order valence-electron chi connectivity index (χ0n) is 11.8. The molecule has 0 bridgehead atoms. The molecule has 0 saturated heterocycles. The summed E-state index contributed by atoms with van der Waals surface area (Å²) in [6.07, 6.45) is 4.17. The molecule has 0 spiro atoms. The molecule has 1 fully saturated rings. The minimum absolute atomic E-state index is 0.0773. The first kappa shape index (κ1) is 13.7. The molecule has 0 heterocycles. The SMILES string of the molecule is COc1ccc(NC(=O)C2(C)CCCC2)c(OC)c1. The van der Waals surface area contributed by atoms with Gasteiger partial charge in [-0.25, -0.2) is 0 Å². The van der Waals surface area contributed by atoms with Crippen molar-refractivity contribution < 1.29 is 14.3 Å². The van der Waals surface area contributed by atoms with E-state index in [4.69, 9.17) is 9.47 Å². The van der Waals surface area contributed by atoms with Crippen LogP contribution in [0.1, 0.15) is 32.6 Å². The molecule has 1 amide bonds. The number of anilines is 1. The predicted molar refractivity (Wildman–Crippen MR) is 74.8 cm³/mol. The summed E-state index contributed by atoms with van der Waals surface area (Å²) in [5, 5.41) is 2.98. The summed E-state index contributed by atoms with van der Waals surface area (Å²) in [7, 11) is 3.19. The summed E-state index contributed by atoms with van der Waals surface area (Å²) in [5.41, 5.74) is 0.451. The Morgan fingerprint density at radius 1 is 1.21 bits per heavy atom. The van der Waals surface area contributed by atoms with Gasteiger partial charge in [-0.2, -0.15) is 0 Å². The van der Waals surface area contributed by atoms with E-state index in [2.05, 4.69) is 5.32 Å². The van der Waals surface area contributed by atoms with Gasteiger partial charge in [0.2, 0.25) is 5.91 Å². The summed E-state index contributed by atoms with van der Waals surface area (Å²) in [5.74, 6) is 1.41. The fraction of sp³-hybridized carbons (Fsp3) is 0.533. The largest absolute Gasteiger partial charge is 0.497 e. The van der Waals surface area contributed by atoms with Crippen LogP contribution in [0.4, 0.5) is 5.69 Å². The molecular formula is C15H21NO3. The second kappa shape index (κ2) is 5.51. The first-order chi connectivity index (χ1) is 9.09. The molecule has 1 aliphatic rings. The summed E-state index contributed by atoms with van der Waals surface area (Å²) in [6.45, 7) is 2.03. The van der Waals surface area contributed by atoms with E-state index in [0.717, 1.165) is 25.7 Å². The third-order valence-electron chi connectivity index (χ3n) is 3.91. The molecule has 0 aliphatic heterocycles. The van der Waals surface area contributed by atoms with Gasteiger partial charge in [0.1, 0.15) is 11.5 Å². The first-order valence-corrected chi connectivity index (χ1v) is 6.62. The number of hydrogen-bond acceptors (Lipinski definition) is 3. The monoisotopic (exact) mass is 263 g/mol. The van der Waals surface area contributed by atoms with Gasteiger partial charge in [0.25, 0.3) is 0 Å². The van der Waals surface area contributed by atoms with Crippen molar-refractivity contribution in [2.45, 2.75) is 32.6 Å². The minimum atomic E-state index is -0.245. The number of carbonyl (C=O) groups is 1. The fourth-order valence-corrected chi connectivity index (χ4v) is 2.56. The quantitative estimate of drug-likeness (QED) is 0.907. The van der Waals surface area contributed by atoms with Gasteiger partial charge < -0.3 is 14.8 Å².